The molecule has 0 radical (unpaired) electrons. The van der Waals surface area contributed by atoms with Crippen LogP contribution in [-0.4, -0.2) is 11.7 Å². The Kier molecular flexibility index (Phi) is 17.6. The smallest absolute Gasteiger partial charge is 0.206 e. The van der Waals surface area contributed by atoms with Crippen LogP contribution in [0, 0.1) is 10.8 Å². The highest BCUT2D eigenvalue weighted by atomic mass is 16.3. The van der Waals surface area contributed by atoms with Gasteiger partial charge >= 0.3 is 0 Å². The minimum Gasteiger partial charge on any atom is -0.390 e. The zero-order valence-corrected chi connectivity index (χ0v) is 35.6. The van der Waals surface area contributed by atoms with Crippen molar-refractivity contribution >= 4 is 12.2 Å². The summed E-state index contributed by atoms with van der Waals surface area (Å²) in [5.41, 5.74) is 14.8. The van der Waals surface area contributed by atoms with Crippen LogP contribution < -0.4 is 4.57 Å². The van der Waals surface area contributed by atoms with E-state index in [0.29, 0.717) is 6.54 Å². The van der Waals surface area contributed by atoms with Gasteiger partial charge in [-0.3, -0.25) is 0 Å². The van der Waals surface area contributed by atoms with Crippen molar-refractivity contribution < 1.29 is 9.67 Å². The molecule has 0 unspecified atom stereocenters. The fraction of sp³-hybridized carbons (Fsp3) is 0.404. The maximum absolute atomic E-state index is 9.69. The van der Waals surface area contributed by atoms with Crippen LogP contribution in [0.2, 0.25) is 0 Å². The number of rotatable bonds is 15. The Bertz CT molecular complexity index is 1860. The molecule has 0 saturated heterocycles. The highest BCUT2D eigenvalue weighted by molar-refractivity contribution is 5.57. The van der Waals surface area contributed by atoms with Gasteiger partial charge in [0.25, 0.3) is 0 Å². The quantitative estimate of drug-likeness (QED) is 0.141. The molecule has 0 bridgehead atoms. The summed E-state index contributed by atoms with van der Waals surface area (Å²) >= 11 is 0. The summed E-state index contributed by atoms with van der Waals surface area (Å²) in [5, 5.41) is 9.69. The lowest BCUT2D eigenvalue weighted by Crippen LogP contribution is -2.38. The number of hydrogen-bond donors (Lipinski definition) is 1. The highest BCUT2D eigenvalue weighted by Crippen LogP contribution is 2.41. The maximum atomic E-state index is 9.69. The van der Waals surface area contributed by atoms with Crippen LogP contribution in [-0.2, 0) is 6.54 Å². The van der Waals surface area contributed by atoms with Gasteiger partial charge in [-0.2, -0.15) is 4.57 Å². The molecule has 1 N–H and O–H groups in total. The van der Waals surface area contributed by atoms with Crippen LogP contribution in [0.15, 0.2) is 160 Å². The zero-order chi connectivity index (χ0) is 39.7. The topological polar surface area (TPSA) is 24.1 Å². The van der Waals surface area contributed by atoms with E-state index in [1.54, 1.807) is 0 Å². The molecule has 1 aromatic rings. The Morgan fingerprint density at radius 2 is 1.07 bits per heavy atom. The molecule has 0 atom stereocenters. The van der Waals surface area contributed by atoms with Crippen LogP contribution in [0.5, 0.6) is 0 Å². The molecule has 0 amide bonds. The lowest BCUT2D eigenvalue weighted by atomic mass is 9.72. The number of hydrogen-bond acceptors (Lipinski definition) is 1. The van der Waals surface area contributed by atoms with Crippen molar-refractivity contribution in [2.75, 3.05) is 6.61 Å². The van der Waals surface area contributed by atoms with Crippen LogP contribution in [0.4, 0.5) is 0 Å². The monoisotopic (exact) mass is 725 g/mol. The van der Waals surface area contributed by atoms with E-state index in [4.69, 9.17) is 0 Å². The average Bonchev–Trinajstić information content (AvgIpc) is 3.08. The third kappa shape index (κ3) is 14.9. The van der Waals surface area contributed by atoms with Gasteiger partial charge in [0.05, 0.1) is 0 Å². The third-order valence-electron chi connectivity index (χ3n) is 10.7. The molecular weight excluding hydrogens is 655 g/mol. The number of nitrogens with zero attached hydrogens (tertiary/aromatic N) is 1. The lowest BCUT2D eigenvalue weighted by molar-refractivity contribution is -0.699. The van der Waals surface area contributed by atoms with Crippen LogP contribution >= 0.6 is 0 Å². The van der Waals surface area contributed by atoms with E-state index < -0.39 is 0 Å². The van der Waals surface area contributed by atoms with Crippen molar-refractivity contribution in [2.24, 2.45) is 10.8 Å². The molecule has 0 aromatic carbocycles. The van der Waals surface area contributed by atoms with Gasteiger partial charge in [-0.1, -0.05) is 158 Å². The van der Waals surface area contributed by atoms with Crippen LogP contribution in [0.3, 0.4) is 0 Å². The van der Waals surface area contributed by atoms with Crippen molar-refractivity contribution in [1.29, 1.82) is 0 Å². The number of aliphatic hydroxyl groups excluding tert-OH is 1. The molecule has 1 aromatic heterocycles. The maximum Gasteiger partial charge on any atom is 0.206 e. The number of aromatic nitrogens is 1. The largest absolute Gasteiger partial charge is 0.390 e. The van der Waals surface area contributed by atoms with E-state index in [0.717, 1.165) is 16.8 Å². The fourth-order valence-electron chi connectivity index (χ4n) is 7.42. The van der Waals surface area contributed by atoms with Gasteiger partial charge in [-0.25, -0.2) is 0 Å². The summed E-state index contributed by atoms with van der Waals surface area (Å²) in [6, 6.07) is 4.27. The minimum absolute atomic E-state index is 0.0938. The first kappa shape index (κ1) is 44.1. The number of pyridine rings is 1. The predicted molar refractivity (Wildman–Crippen MR) is 238 cm³/mol. The fourth-order valence-corrected chi connectivity index (χ4v) is 7.42. The van der Waals surface area contributed by atoms with E-state index in [1.165, 1.54) is 83.1 Å². The van der Waals surface area contributed by atoms with Gasteiger partial charge in [0.2, 0.25) is 5.69 Å². The van der Waals surface area contributed by atoms with E-state index in [9.17, 15) is 5.11 Å². The lowest BCUT2D eigenvalue weighted by Gasteiger charge is -2.33. The van der Waals surface area contributed by atoms with Gasteiger partial charge in [0.15, 0.2) is 12.7 Å². The number of allylic oxidation sites excluding steroid dienone is 24. The first-order chi connectivity index (χ1) is 25.6. The minimum atomic E-state index is 0.0938. The number of aliphatic hydroxyl groups is 1. The first-order valence-corrected chi connectivity index (χ1v) is 20.1. The molecule has 2 aliphatic rings. The van der Waals surface area contributed by atoms with Crippen molar-refractivity contribution in [2.45, 2.75) is 121 Å². The molecule has 54 heavy (non-hydrogen) atoms. The van der Waals surface area contributed by atoms with E-state index in [2.05, 4.69) is 202 Å². The average molecular weight is 725 g/mol. The second kappa shape index (κ2) is 21.6. The van der Waals surface area contributed by atoms with Gasteiger partial charge in [0, 0.05) is 18.2 Å². The molecule has 288 valence electrons. The van der Waals surface area contributed by atoms with E-state index >= 15 is 0 Å². The molecule has 2 aliphatic carbocycles. The van der Waals surface area contributed by atoms with E-state index in [1.807, 2.05) is 0 Å². The summed E-state index contributed by atoms with van der Waals surface area (Å²) in [7, 11) is 0. The summed E-state index contributed by atoms with van der Waals surface area (Å²) in [4.78, 5) is 0. The second-order valence-corrected chi connectivity index (χ2v) is 16.8. The summed E-state index contributed by atoms with van der Waals surface area (Å²) in [6.07, 6.45) is 46.6. The van der Waals surface area contributed by atoms with Crippen molar-refractivity contribution in [3.05, 3.63) is 171 Å². The zero-order valence-electron chi connectivity index (χ0n) is 35.6. The van der Waals surface area contributed by atoms with Gasteiger partial charge < -0.3 is 5.11 Å². The molecule has 0 spiro atoms. The Balaban J connectivity index is 1.62. The second-order valence-electron chi connectivity index (χ2n) is 16.8. The first-order valence-electron chi connectivity index (χ1n) is 20.1. The summed E-state index contributed by atoms with van der Waals surface area (Å²) in [5.74, 6) is 0. The molecule has 0 aliphatic heterocycles. The molecule has 2 nitrogen and oxygen atoms in total. The highest BCUT2D eigenvalue weighted by Gasteiger charge is 2.27. The summed E-state index contributed by atoms with van der Waals surface area (Å²) in [6.45, 7) is 25.4. The third-order valence-corrected chi connectivity index (χ3v) is 10.7. The molecule has 0 fully saturated rings. The van der Waals surface area contributed by atoms with Crippen LogP contribution in [0.1, 0.15) is 126 Å². The Labute approximate surface area is 330 Å². The molecule has 2 heteroatoms. The SMILES string of the molecule is CC1=C(/C=C/C(C)=C/C=C/C(C)=C/C=C/C(C)=C/c2cc(/C=C/C=C(C)/C=C/C=C(C)/C=C/C3=C(C)CCCC3(C)C)cc[n+]2CCO)C(C)(C)CCC1. The van der Waals surface area contributed by atoms with E-state index in [-0.39, 0.29) is 17.4 Å². The van der Waals surface area contributed by atoms with Crippen molar-refractivity contribution in [1.82, 2.24) is 0 Å². The molecule has 1 heterocycles. The van der Waals surface area contributed by atoms with Crippen LogP contribution in [0.25, 0.3) is 12.2 Å². The molecule has 3 rings (SSSR count). The van der Waals surface area contributed by atoms with Crippen molar-refractivity contribution in [3.63, 3.8) is 0 Å². The van der Waals surface area contributed by atoms with Gasteiger partial charge in [-0.05, 0) is 120 Å². The Morgan fingerprint density at radius 3 is 1.54 bits per heavy atom. The Hall–Kier alpha value is -4.27. The normalized spacial score (nSPS) is 19.8. The van der Waals surface area contributed by atoms with Crippen molar-refractivity contribution in [3.8, 4) is 0 Å². The molecule has 0 saturated carbocycles. The molecular formula is C52H70NO+. The van der Waals surface area contributed by atoms with Gasteiger partial charge in [0.1, 0.15) is 6.61 Å². The predicted octanol–water partition coefficient (Wildman–Crippen LogP) is 14.0. The Morgan fingerprint density at radius 1 is 0.630 bits per heavy atom. The standard InChI is InChI=1S/C52H70NO/c1-40(18-12-21-42(3)28-30-49-45(6)25-16-33-51(49,8)9)20-14-24-44(5)38-48-39-47(32-35-53(48)36-37-54)27-15-23-41(2)19-13-22-43(4)29-31-50-46(7)26-17-34-52(50,10)11/h12-15,18-24,27-32,35,38-39,54H,16-17,25-26,33-34,36-37H2,1-11H3/q+1/b18-12+,19-13+,24-14+,27-15+,30-28+,31-29+,40-20+,41-23+,42-21+,43-22+,44-38+. The summed E-state index contributed by atoms with van der Waals surface area (Å²) < 4.78 is 2.09. The van der Waals surface area contributed by atoms with Gasteiger partial charge in [-0.15, -0.1) is 0 Å².